The minimum absolute atomic E-state index is 0.113. The highest BCUT2D eigenvalue weighted by molar-refractivity contribution is 5.80. The number of imidazole rings is 1. The third kappa shape index (κ3) is 3.30. The first-order valence-corrected chi connectivity index (χ1v) is 5.88. The van der Waals surface area contributed by atoms with E-state index in [1.54, 1.807) is 25.2 Å². The van der Waals surface area contributed by atoms with E-state index in [2.05, 4.69) is 16.5 Å². The van der Waals surface area contributed by atoms with E-state index in [1.807, 2.05) is 25.1 Å². The van der Waals surface area contributed by atoms with Crippen LogP contribution >= 0.6 is 0 Å². The Hall–Kier alpha value is -1.36. The van der Waals surface area contributed by atoms with Crippen molar-refractivity contribution >= 4 is 5.91 Å². The molecule has 1 aromatic heterocycles. The zero-order valence-electron chi connectivity index (χ0n) is 11.3. The summed E-state index contributed by atoms with van der Waals surface area (Å²) in [5.74, 6) is 1.11. The zero-order valence-corrected chi connectivity index (χ0v) is 11.3. The van der Waals surface area contributed by atoms with E-state index in [9.17, 15) is 4.79 Å². The average Bonchev–Trinajstić information content (AvgIpc) is 2.73. The second-order valence-corrected chi connectivity index (χ2v) is 4.45. The van der Waals surface area contributed by atoms with Crippen molar-refractivity contribution in [2.75, 3.05) is 21.1 Å². The molecular formula is C12H22N4O. The standard InChI is InChI=1S/C12H22N4O/c1-6-16-8-7-13-11(16)9-15(5)10(2)12(17)14(3)4/h7-8,10H,6,9H2,1-5H3/t10-/m0/s1. The molecule has 1 heterocycles. The van der Waals surface area contributed by atoms with Gasteiger partial charge in [0.1, 0.15) is 5.82 Å². The maximum atomic E-state index is 11.8. The highest BCUT2D eigenvalue weighted by Crippen LogP contribution is 2.06. The fourth-order valence-corrected chi connectivity index (χ4v) is 1.70. The summed E-state index contributed by atoms with van der Waals surface area (Å²) < 4.78 is 2.09. The molecule has 0 aliphatic rings. The van der Waals surface area contributed by atoms with Crippen LogP contribution in [0.5, 0.6) is 0 Å². The van der Waals surface area contributed by atoms with Crippen molar-refractivity contribution in [2.45, 2.75) is 33.0 Å². The number of aromatic nitrogens is 2. The normalized spacial score (nSPS) is 12.8. The van der Waals surface area contributed by atoms with Crippen LogP contribution in [-0.2, 0) is 17.9 Å². The van der Waals surface area contributed by atoms with Gasteiger partial charge in [-0.25, -0.2) is 4.98 Å². The van der Waals surface area contributed by atoms with E-state index < -0.39 is 0 Å². The van der Waals surface area contributed by atoms with Crippen LogP contribution in [0.2, 0.25) is 0 Å². The number of rotatable bonds is 5. The van der Waals surface area contributed by atoms with Crippen LogP contribution in [0.3, 0.4) is 0 Å². The molecule has 5 nitrogen and oxygen atoms in total. The molecule has 1 amide bonds. The highest BCUT2D eigenvalue weighted by Gasteiger charge is 2.20. The van der Waals surface area contributed by atoms with Crippen molar-refractivity contribution in [1.29, 1.82) is 0 Å². The van der Waals surface area contributed by atoms with Crippen molar-refractivity contribution in [1.82, 2.24) is 19.4 Å². The molecule has 1 atom stereocenters. The first-order valence-electron chi connectivity index (χ1n) is 5.88. The number of amides is 1. The van der Waals surface area contributed by atoms with Crippen LogP contribution in [0, 0.1) is 0 Å². The second kappa shape index (κ2) is 5.82. The summed E-state index contributed by atoms with van der Waals surface area (Å²) in [7, 11) is 5.50. The minimum atomic E-state index is -0.132. The highest BCUT2D eigenvalue weighted by atomic mass is 16.2. The van der Waals surface area contributed by atoms with Crippen LogP contribution in [0.15, 0.2) is 12.4 Å². The SMILES string of the molecule is CCn1ccnc1CN(C)[C@@H](C)C(=O)N(C)C. The maximum Gasteiger partial charge on any atom is 0.239 e. The van der Waals surface area contributed by atoms with Gasteiger partial charge in [-0.05, 0) is 20.9 Å². The first-order chi connectivity index (χ1) is 7.97. The van der Waals surface area contributed by atoms with Gasteiger partial charge < -0.3 is 9.47 Å². The quantitative estimate of drug-likeness (QED) is 0.762. The molecular weight excluding hydrogens is 216 g/mol. The maximum absolute atomic E-state index is 11.8. The Bertz CT molecular complexity index is 372. The fourth-order valence-electron chi connectivity index (χ4n) is 1.70. The van der Waals surface area contributed by atoms with Crippen LogP contribution < -0.4 is 0 Å². The van der Waals surface area contributed by atoms with E-state index >= 15 is 0 Å². The molecule has 0 aromatic carbocycles. The predicted molar refractivity (Wildman–Crippen MR) is 67.5 cm³/mol. The van der Waals surface area contributed by atoms with Crippen molar-refractivity contribution < 1.29 is 4.79 Å². The van der Waals surface area contributed by atoms with Crippen molar-refractivity contribution in [3.05, 3.63) is 18.2 Å². The largest absolute Gasteiger partial charge is 0.347 e. The minimum Gasteiger partial charge on any atom is -0.347 e. The molecule has 0 aliphatic heterocycles. The summed E-state index contributed by atoms with van der Waals surface area (Å²) in [5.41, 5.74) is 0. The van der Waals surface area contributed by atoms with Gasteiger partial charge in [0.15, 0.2) is 0 Å². The summed E-state index contributed by atoms with van der Waals surface area (Å²) in [6.07, 6.45) is 3.76. The van der Waals surface area contributed by atoms with Crippen LogP contribution in [0.4, 0.5) is 0 Å². The summed E-state index contributed by atoms with van der Waals surface area (Å²) in [6, 6.07) is -0.132. The molecule has 5 heteroatoms. The van der Waals surface area contributed by atoms with Gasteiger partial charge in [0, 0.05) is 33.0 Å². The summed E-state index contributed by atoms with van der Waals surface area (Å²) >= 11 is 0. The number of aryl methyl sites for hydroxylation is 1. The number of likely N-dealkylation sites (N-methyl/N-ethyl adjacent to an activating group) is 2. The number of carbonyl (C=O) groups excluding carboxylic acids is 1. The Labute approximate surface area is 103 Å². The number of carbonyl (C=O) groups is 1. The molecule has 0 unspecified atom stereocenters. The molecule has 0 N–H and O–H groups in total. The van der Waals surface area contributed by atoms with E-state index in [0.717, 1.165) is 12.4 Å². The Morgan fingerprint density at radius 3 is 2.65 bits per heavy atom. The van der Waals surface area contributed by atoms with Crippen molar-refractivity contribution in [3.63, 3.8) is 0 Å². The Morgan fingerprint density at radius 1 is 1.47 bits per heavy atom. The van der Waals surface area contributed by atoms with E-state index in [0.29, 0.717) is 6.54 Å². The van der Waals surface area contributed by atoms with Crippen LogP contribution in [0.25, 0.3) is 0 Å². The van der Waals surface area contributed by atoms with Gasteiger partial charge >= 0.3 is 0 Å². The lowest BCUT2D eigenvalue weighted by Gasteiger charge is -2.26. The first kappa shape index (κ1) is 13.7. The molecule has 0 aliphatic carbocycles. The summed E-state index contributed by atoms with van der Waals surface area (Å²) in [6.45, 7) is 5.59. The van der Waals surface area contributed by atoms with E-state index in [-0.39, 0.29) is 11.9 Å². The third-order valence-corrected chi connectivity index (χ3v) is 2.99. The average molecular weight is 238 g/mol. The molecule has 0 bridgehead atoms. The van der Waals surface area contributed by atoms with Crippen molar-refractivity contribution in [3.8, 4) is 0 Å². The molecule has 0 saturated carbocycles. The number of hydrogen-bond donors (Lipinski definition) is 0. The lowest BCUT2D eigenvalue weighted by molar-refractivity contribution is -0.133. The van der Waals surface area contributed by atoms with Gasteiger partial charge in [0.25, 0.3) is 0 Å². The van der Waals surface area contributed by atoms with Crippen LogP contribution in [-0.4, -0.2) is 52.4 Å². The third-order valence-electron chi connectivity index (χ3n) is 2.99. The van der Waals surface area contributed by atoms with Gasteiger partial charge in [0.05, 0.1) is 12.6 Å². The summed E-state index contributed by atoms with van der Waals surface area (Å²) in [4.78, 5) is 19.8. The molecule has 0 spiro atoms. The van der Waals surface area contributed by atoms with E-state index in [1.165, 1.54) is 0 Å². The van der Waals surface area contributed by atoms with Gasteiger partial charge in [-0.1, -0.05) is 0 Å². The summed E-state index contributed by atoms with van der Waals surface area (Å²) in [5, 5.41) is 0. The topological polar surface area (TPSA) is 41.4 Å². The molecule has 0 radical (unpaired) electrons. The second-order valence-electron chi connectivity index (χ2n) is 4.45. The zero-order chi connectivity index (χ0) is 13.0. The fraction of sp³-hybridized carbons (Fsp3) is 0.667. The molecule has 17 heavy (non-hydrogen) atoms. The molecule has 0 fully saturated rings. The van der Waals surface area contributed by atoms with Gasteiger partial charge in [-0.15, -0.1) is 0 Å². The Morgan fingerprint density at radius 2 is 2.12 bits per heavy atom. The van der Waals surface area contributed by atoms with Crippen LogP contribution in [0.1, 0.15) is 19.7 Å². The molecule has 1 rings (SSSR count). The lowest BCUT2D eigenvalue weighted by atomic mass is 10.2. The van der Waals surface area contributed by atoms with Gasteiger partial charge in [-0.3, -0.25) is 9.69 Å². The Balaban J connectivity index is 2.66. The van der Waals surface area contributed by atoms with Gasteiger partial charge in [0.2, 0.25) is 5.91 Å². The predicted octanol–water partition coefficient (Wildman–Crippen LogP) is 0.811. The molecule has 1 aromatic rings. The van der Waals surface area contributed by atoms with E-state index in [4.69, 9.17) is 0 Å². The monoisotopic (exact) mass is 238 g/mol. The Kier molecular flexibility index (Phi) is 4.69. The lowest BCUT2D eigenvalue weighted by Crippen LogP contribution is -2.42. The molecule has 96 valence electrons. The number of hydrogen-bond acceptors (Lipinski definition) is 3. The molecule has 0 saturated heterocycles. The van der Waals surface area contributed by atoms with Gasteiger partial charge in [-0.2, -0.15) is 0 Å². The van der Waals surface area contributed by atoms with Crippen molar-refractivity contribution in [2.24, 2.45) is 0 Å². The smallest absolute Gasteiger partial charge is 0.239 e. The number of nitrogens with zero attached hydrogens (tertiary/aromatic N) is 4.